The molecule has 0 fully saturated rings. The Hall–Kier alpha value is 2.03. The van der Waals surface area contributed by atoms with Gasteiger partial charge in [-0.15, -0.1) is 0 Å². The maximum atomic E-state index is 0. The molecule has 0 saturated heterocycles. The van der Waals surface area contributed by atoms with Crippen molar-refractivity contribution in [1.29, 1.82) is 0 Å². The van der Waals surface area contributed by atoms with Gasteiger partial charge in [-0.05, 0) is 0 Å². The quantitative estimate of drug-likeness (QED) is 0.348. The minimum atomic E-state index is 0. The van der Waals surface area contributed by atoms with E-state index in [0.717, 1.165) is 0 Å². The van der Waals surface area contributed by atoms with Crippen LogP contribution >= 0.6 is 9.90 Å². The Morgan fingerprint density at radius 2 is 1.00 bits per heavy atom. The van der Waals surface area contributed by atoms with E-state index in [0.29, 0.717) is 0 Å². The standard InChI is InChI=1S/CH4.K.H3N.H3P.H/h1H4;;2*1H3;. The molecule has 0 bridgehead atoms. The van der Waals surface area contributed by atoms with Crippen LogP contribution in [0.3, 0.4) is 0 Å². The van der Waals surface area contributed by atoms with E-state index in [1.165, 1.54) is 0 Å². The second kappa shape index (κ2) is 19.8. The Morgan fingerprint density at radius 1 is 1.00 bits per heavy atom. The van der Waals surface area contributed by atoms with Gasteiger partial charge in [0.2, 0.25) is 0 Å². The van der Waals surface area contributed by atoms with E-state index in [9.17, 15) is 0 Å². The normalized spacial score (nSPS) is 0. The summed E-state index contributed by atoms with van der Waals surface area (Å²) >= 11 is 0. The van der Waals surface area contributed by atoms with Crippen molar-refractivity contribution in [2.75, 3.05) is 0 Å². The number of hydrogen-bond donors (Lipinski definition) is 1. The second-order valence-corrected chi connectivity index (χ2v) is 0. The fraction of sp³-hybridized carbons (Fsp3) is 1.00. The summed E-state index contributed by atoms with van der Waals surface area (Å²) in [6.45, 7) is 0. The monoisotopic (exact) mass is 107 g/mol. The number of rotatable bonds is 0. The van der Waals surface area contributed by atoms with Crippen molar-refractivity contribution in [3.8, 4) is 0 Å². The van der Waals surface area contributed by atoms with E-state index in [2.05, 4.69) is 0 Å². The summed E-state index contributed by atoms with van der Waals surface area (Å²) < 4.78 is 0. The summed E-state index contributed by atoms with van der Waals surface area (Å²) in [5.41, 5.74) is 0. The predicted octanol–water partition coefficient (Wildman–Crippen LogP) is 0.208. The molecule has 0 spiro atoms. The Bertz CT molecular complexity index is 8.00. The molecule has 0 amide bonds. The molecule has 1 atom stereocenters. The van der Waals surface area contributed by atoms with Crippen molar-refractivity contribution < 1.29 is 0 Å². The molecule has 0 aliphatic rings. The molecule has 3 heteroatoms. The van der Waals surface area contributed by atoms with Gasteiger partial charge in [0.15, 0.2) is 0 Å². The zero-order chi connectivity index (χ0) is 0. The molecule has 0 aromatic rings. The van der Waals surface area contributed by atoms with Crippen LogP contribution in [-0.4, -0.2) is 51.4 Å². The third-order valence-corrected chi connectivity index (χ3v) is 0. The zero-order valence-electron chi connectivity index (χ0n) is 1.41. The van der Waals surface area contributed by atoms with Gasteiger partial charge < -0.3 is 6.15 Å². The molecule has 0 aliphatic carbocycles. The zero-order valence-corrected chi connectivity index (χ0v) is 2.83. The summed E-state index contributed by atoms with van der Waals surface area (Å²) in [5, 5.41) is 0. The van der Waals surface area contributed by atoms with Crippen LogP contribution in [0.5, 0.6) is 0 Å². The van der Waals surface area contributed by atoms with E-state index in [4.69, 9.17) is 0 Å². The molecule has 1 unspecified atom stereocenters. The molecular weight excluding hydrogens is 96.1 g/mol. The Labute approximate surface area is 73.5 Å². The summed E-state index contributed by atoms with van der Waals surface area (Å²) in [6.07, 6.45) is 0. The molecule has 4 heavy (non-hydrogen) atoms. The van der Waals surface area contributed by atoms with E-state index in [-0.39, 0.29) is 74.9 Å². The van der Waals surface area contributed by atoms with Crippen molar-refractivity contribution in [3.63, 3.8) is 0 Å². The van der Waals surface area contributed by atoms with Crippen molar-refractivity contribution in [1.82, 2.24) is 6.15 Å². The van der Waals surface area contributed by atoms with Gasteiger partial charge in [0.1, 0.15) is 0 Å². The third kappa shape index (κ3) is 8.98. The van der Waals surface area contributed by atoms with E-state index >= 15 is 0 Å². The van der Waals surface area contributed by atoms with Gasteiger partial charge in [0, 0.05) is 0 Å². The van der Waals surface area contributed by atoms with Gasteiger partial charge in [0.05, 0.1) is 0 Å². The molecule has 3 N–H and O–H groups in total. The first-order chi connectivity index (χ1) is 0. The van der Waals surface area contributed by atoms with E-state index < -0.39 is 0 Å². The van der Waals surface area contributed by atoms with Gasteiger partial charge in [-0.25, -0.2) is 0 Å². The summed E-state index contributed by atoms with van der Waals surface area (Å²) in [5.74, 6) is 0. The molecule has 0 rings (SSSR count). The maximum absolute atomic E-state index is 0. The fourth-order valence-corrected chi connectivity index (χ4v) is 0. The van der Waals surface area contributed by atoms with Crippen LogP contribution in [0.4, 0.5) is 0 Å². The number of hydrogen-bond acceptors (Lipinski definition) is 1. The van der Waals surface area contributed by atoms with Crippen LogP contribution < -0.4 is 6.15 Å². The van der Waals surface area contributed by atoms with Crippen LogP contribution in [0, 0.1) is 0 Å². The summed E-state index contributed by atoms with van der Waals surface area (Å²) in [7, 11) is 0. The van der Waals surface area contributed by atoms with Crippen LogP contribution in [0.2, 0.25) is 0 Å². The van der Waals surface area contributed by atoms with Crippen molar-refractivity contribution in [3.05, 3.63) is 0 Å². The Morgan fingerprint density at radius 3 is 1.00 bits per heavy atom. The second-order valence-electron chi connectivity index (χ2n) is 0. The van der Waals surface area contributed by atoms with Gasteiger partial charge in [-0.1, -0.05) is 7.43 Å². The molecule has 0 aromatic heterocycles. The third-order valence-electron chi connectivity index (χ3n) is 0. The van der Waals surface area contributed by atoms with Crippen LogP contribution in [-0.2, 0) is 0 Å². The van der Waals surface area contributed by atoms with Gasteiger partial charge in [-0.2, -0.15) is 9.90 Å². The van der Waals surface area contributed by atoms with E-state index in [1.807, 2.05) is 0 Å². The van der Waals surface area contributed by atoms with Crippen LogP contribution in [0.15, 0.2) is 0 Å². The first kappa shape index (κ1) is 37.1. The summed E-state index contributed by atoms with van der Waals surface area (Å²) in [6, 6.07) is 0. The topological polar surface area (TPSA) is 35.0 Å². The molecule has 0 saturated carbocycles. The predicted molar refractivity (Wildman–Crippen MR) is 30.0 cm³/mol. The van der Waals surface area contributed by atoms with Crippen molar-refractivity contribution in [2.45, 2.75) is 7.43 Å². The van der Waals surface area contributed by atoms with Gasteiger partial charge >= 0.3 is 51.4 Å². The average Bonchev–Trinajstić information content (AvgIpc) is 0. The molecule has 0 radical (unpaired) electrons. The Kier molecular flexibility index (Phi) is 184. The first-order valence-corrected chi connectivity index (χ1v) is 0. The molecular formula is CH11KNP. The molecule has 0 aliphatic heterocycles. The minimum absolute atomic E-state index is 0. The molecule has 1 nitrogen and oxygen atoms in total. The molecule has 26 valence electrons. The Balaban J connectivity index is 0. The van der Waals surface area contributed by atoms with Gasteiger partial charge in [0.25, 0.3) is 0 Å². The molecule has 0 aromatic carbocycles. The van der Waals surface area contributed by atoms with Crippen molar-refractivity contribution >= 4 is 61.3 Å². The van der Waals surface area contributed by atoms with E-state index in [1.54, 1.807) is 0 Å². The van der Waals surface area contributed by atoms with Crippen LogP contribution in [0.25, 0.3) is 0 Å². The van der Waals surface area contributed by atoms with Crippen molar-refractivity contribution in [2.24, 2.45) is 0 Å². The fourth-order valence-electron chi connectivity index (χ4n) is 0. The van der Waals surface area contributed by atoms with Gasteiger partial charge in [-0.3, -0.25) is 0 Å². The summed E-state index contributed by atoms with van der Waals surface area (Å²) in [4.78, 5) is 0. The first-order valence-electron chi connectivity index (χ1n) is 0. The SMILES string of the molecule is C.N.P.[KH]. The average molecular weight is 107 g/mol. The van der Waals surface area contributed by atoms with Crippen LogP contribution in [0.1, 0.15) is 7.43 Å². The molecule has 0 heterocycles.